The van der Waals surface area contributed by atoms with Crippen LogP contribution in [0.4, 0.5) is 0 Å². The molecule has 0 amide bonds. The van der Waals surface area contributed by atoms with E-state index in [-0.39, 0.29) is 11.9 Å². The lowest BCUT2D eigenvalue weighted by atomic mass is 9.88. The molecule has 3 heteroatoms. The molecule has 0 spiro atoms. The Morgan fingerprint density at radius 1 is 1.20 bits per heavy atom. The van der Waals surface area contributed by atoms with Crippen LogP contribution in [0.15, 0.2) is 30.3 Å². The molecule has 0 heterocycles. The third-order valence-corrected chi connectivity index (χ3v) is 4.19. The molecule has 1 fully saturated rings. The number of methoxy groups -OCH3 is 1. The van der Waals surface area contributed by atoms with Crippen LogP contribution in [0.2, 0.25) is 0 Å². The monoisotopic (exact) mass is 274 g/mol. The number of carbonyl (C=O) groups is 2. The number of carbonyl (C=O) groups excluding carboxylic acids is 2. The lowest BCUT2D eigenvalue weighted by Crippen LogP contribution is -2.14. The number of benzene rings is 1. The Morgan fingerprint density at radius 3 is 2.60 bits per heavy atom. The Labute approximate surface area is 120 Å². The standard InChI is InChI=1S/C17H22O3/c1-20-17(19)12-15-11-16(18)10-14(15)9-5-8-13-6-3-2-4-7-13/h2-4,6-7,14-15H,5,8-12H2,1H3/t14-,15-/m0/s1. The molecule has 1 aromatic carbocycles. The smallest absolute Gasteiger partial charge is 0.305 e. The largest absolute Gasteiger partial charge is 0.469 e. The molecule has 1 aromatic rings. The third-order valence-electron chi connectivity index (χ3n) is 4.19. The van der Waals surface area contributed by atoms with Gasteiger partial charge in [-0.15, -0.1) is 0 Å². The van der Waals surface area contributed by atoms with Crippen molar-refractivity contribution in [2.24, 2.45) is 11.8 Å². The molecule has 0 saturated heterocycles. The molecule has 0 N–H and O–H groups in total. The minimum absolute atomic E-state index is 0.186. The molecule has 1 aliphatic carbocycles. The van der Waals surface area contributed by atoms with Gasteiger partial charge < -0.3 is 4.74 Å². The first-order valence-electron chi connectivity index (χ1n) is 7.31. The van der Waals surface area contributed by atoms with Crippen LogP contribution >= 0.6 is 0 Å². The number of hydrogen-bond acceptors (Lipinski definition) is 3. The maximum absolute atomic E-state index is 11.6. The van der Waals surface area contributed by atoms with Crippen molar-refractivity contribution in [3.05, 3.63) is 35.9 Å². The molecule has 0 aliphatic heterocycles. The van der Waals surface area contributed by atoms with Gasteiger partial charge in [0.15, 0.2) is 0 Å². The fourth-order valence-corrected chi connectivity index (χ4v) is 3.09. The summed E-state index contributed by atoms with van der Waals surface area (Å²) in [7, 11) is 1.41. The van der Waals surface area contributed by atoms with Crippen molar-refractivity contribution in [1.29, 1.82) is 0 Å². The van der Waals surface area contributed by atoms with Crippen LogP contribution in [0.3, 0.4) is 0 Å². The zero-order valence-electron chi connectivity index (χ0n) is 12.0. The summed E-state index contributed by atoms with van der Waals surface area (Å²) in [5.41, 5.74) is 1.33. The highest BCUT2D eigenvalue weighted by molar-refractivity contribution is 5.82. The summed E-state index contributed by atoms with van der Waals surface area (Å²) in [6.07, 6.45) is 4.69. The Balaban J connectivity index is 1.81. The summed E-state index contributed by atoms with van der Waals surface area (Å²) < 4.78 is 4.72. The van der Waals surface area contributed by atoms with Crippen molar-refractivity contribution < 1.29 is 14.3 Å². The number of esters is 1. The van der Waals surface area contributed by atoms with E-state index in [9.17, 15) is 9.59 Å². The zero-order chi connectivity index (χ0) is 14.4. The van der Waals surface area contributed by atoms with Gasteiger partial charge in [0.05, 0.1) is 7.11 Å². The van der Waals surface area contributed by atoms with Gasteiger partial charge in [-0.05, 0) is 36.7 Å². The van der Waals surface area contributed by atoms with E-state index in [2.05, 4.69) is 24.3 Å². The summed E-state index contributed by atoms with van der Waals surface area (Å²) >= 11 is 0. The van der Waals surface area contributed by atoms with Crippen LogP contribution in [0.5, 0.6) is 0 Å². The molecule has 2 rings (SSSR count). The molecule has 0 unspecified atom stereocenters. The zero-order valence-corrected chi connectivity index (χ0v) is 12.0. The maximum atomic E-state index is 11.6. The predicted octanol–water partition coefficient (Wildman–Crippen LogP) is 3.17. The minimum Gasteiger partial charge on any atom is -0.469 e. The van der Waals surface area contributed by atoms with Crippen LogP contribution in [0.1, 0.15) is 37.7 Å². The van der Waals surface area contributed by atoms with Crippen LogP contribution in [0, 0.1) is 11.8 Å². The number of ketones is 1. The molecule has 0 aromatic heterocycles. The van der Waals surface area contributed by atoms with Gasteiger partial charge in [0.1, 0.15) is 5.78 Å². The summed E-state index contributed by atoms with van der Waals surface area (Å²) in [4.78, 5) is 23.0. The Bertz CT molecular complexity index is 453. The number of hydrogen-bond donors (Lipinski definition) is 0. The predicted molar refractivity (Wildman–Crippen MR) is 77.2 cm³/mol. The first-order valence-corrected chi connectivity index (χ1v) is 7.31. The second-order valence-corrected chi connectivity index (χ2v) is 5.63. The van der Waals surface area contributed by atoms with Crippen LogP contribution < -0.4 is 0 Å². The topological polar surface area (TPSA) is 43.4 Å². The summed E-state index contributed by atoms with van der Waals surface area (Å²) in [5, 5.41) is 0. The molecule has 20 heavy (non-hydrogen) atoms. The van der Waals surface area contributed by atoms with Crippen molar-refractivity contribution in [3.8, 4) is 0 Å². The van der Waals surface area contributed by atoms with Gasteiger partial charge in [-0.2, -0.15) is 0 Å². The molecular formula is C17H22O3. The molecular weight excluding hydrogens is 252 g/mol. The van der Waals surface area contributed by atoms with Gasteiger partial charge in [-0.1, -0.05) is 30.3 Å². The highest BCUT2D eigenvalue weighted by Crippen LogP contribution is 2.35. The number of rotatable bonds is 6. The second-order valence-electron chi connectivity index (χ2n) is 5.63. The van der Waals surface area contributed by atoms with E-state index >= 15 is 0 Å². The normalized spacial score (nSPS) is 21.9. The van der Waals surface area contributed by atoms with E-state index < -0.39 is 0 Å². The van der Waals surface area contributed by atoms with Crippen molar-refractivity contribution >= 4 is 11.8 Å². The quantitative estimate of drug-likeness (QED) is 0.748. The van der Waals surface area contributed by atoms with Crippen LogP contribution in [0.25, 0.3) is 0 Å². The van der Waals surface area contributed by atoms with Gasteiger partial charge in [0, 0.05) is 19.3 Å². The SMILES string of the molecule is COC(=O)C[C@@H]1CC(=O)C[C@@H]1CCCc1ccccc1. The third kappa shape index (κ3) is 4.19. The average molecular weight is 274 g/mol. The van der Waals surface area contributed by atoms with Crippen molar-refractivity contribution in [2.75, 3.05) is 7.11 Å². The second kappa shape index (κ2) is 7.22. The van der Waals surface area contributed by atoms with Gasteiger partial charge in [-0.25, -0.2) is 0 Å². The van der Waals surface area contributed by atoms with Crippen molar-refractivity contribution in [2.45, 2.75) is 38.5 Å². The first kappa shape index (κ1) is 14.8. The Morgan fingerprint density at radius 2 is 1.90 bits per heavy atom. The Kier molecular flexibility index (Phi) is 5.33. The highest BCUT2D eigenvalue weighted by Gasteiger charge is 2.33. The number of ether oxygens (including phenoxy) is 1. The number of aryl methyl sites for hydroxylation is 1. The van der Waals surface area contributed by atoms with E-state index in [1.165, 1.54) is 12.7 Å². The molecule has 108 valence electrons. The molecule has 1 aliphatic rings. The average Bonchev–Trinajstić information content (AvgIpc) is 2.80. The first-order chi connectivity index (χ1) is 9.69. The summed E-state index contributed by atoms with van der Waals surface area (Å²) in [6.45, 7) is 0. The number of Topliss-reactive ketones (excluding diaryl/α,β-unsaturated/α-hetero) is 1. The fraction of sp³-hybridized carbons (Fsp3) is 0.529. The molecule has 0 bridgehead atoms. The maximum Gasteiger partial charge on any atom is 0.305 e. The van der Waals surface area contributed by atoms with E-state index in [1.54, 1.807) is 0 Å². The molecule has 0 radical (unpaired) electrons. The lowest BCUT2D eigenvalue weighted by molar-refractivity contribution is -0.142. The van der Waals surface area contributed by atoms with Crippen molar-refractivity contribution in [1.82, 2.24) is 0 Å². The van der Waals surface area contributed by atoms with Crippen molar-refractivity contribution in [3.63, 3.8) is 0 Å². The van der Waals surface area contributed by atoms with E-state index in [0.717, 1.165) is 19.3 Å². The van der Waals surface area contributed by atoms with E-state index in [4.69, 9.17) is 4.74 Å². The van der Waals surface area contributed by atoms with Gasteiger partial charge in [-0.3, -0.25) is 9.59 Å². The van der Waals surface area contributed by atoms with E-state index in [0.29, 0.717) is 31.0 Å². The van der Waals surface area contributed by atoms with Gasteiger partial charge in [0.25, 0.3) is 0 Å². The van der Waals surface area contributed by atoms with Gasteiger partial charge in [0.2, 0.25) is 0 Å². The van der Waals surface area contributed by atoms with Crippen LogP contribution in [-0.2, 0) is 20.7 Å². The molecule has 2 atom stereocenters. The fourth-order valence-electron chi connectivity index (χ4n) is 3.09. The summed E-state index contributed by atoms with van der Waals surface area (Å²) in [6, 6.07) is 10.4. The highest BCUT2D eigenvalue weighted by atomic mass is 16.5. The molecule has 1 saturated carbocycles. The van der Waals surface area contributed by atoms with E-state index in [1.807, 2.05) is 6.07 Å². The minimum atomic E-state index is -0.197. The van der Waals surface area contributed by atoms with Gasteiger partial charge >= 0.3 is 5.97 Å². The Hall–Kier alpha value is -1.64. The summed E-state index contributed by atoms with van der Waals surface area (Å²) in [5.74, 6) is 0.636. The molecule has 3 nitrogen and oxygen atoms in total. The van der Waals surface area contributed by atoms with Crippen LogP contribution in [-0.4, -0.2) is 18.9 Å². The lowest BCUT2D eigenvalue weighted by Gasteiger charge is -2.17.